The molecule has 0 fully saturated rings. The second kappa shape index (κ2) is 7.22. The molecule has 0 atom stereocenters. The Morgan fingerprint density at radius 3 is 2.19 bits per heavy atom. The van der Waals surface area contributed by atoms with Gasteiger partial charge in [-0.1, -0.05) is 5.16 Å². The number of aromatic nitrogens is 2. The Labute approximate surface area is 149 Å². The molecule has 0 bridgehead atoms. The van der Waals surface area contributed by atoms with Gasteiger partial charge in [0, 0.05) is 17.0 Å². The van der Waals surface area contributed by atoms with Crippen LogP contribution in [0.3, 0.4) is 0 Å². The molecule has 8 nitrogen and oxygen atoms in total. The number of H-pyrrole nitrogens is 1. The highest BCUT2D eigenvalue weighted by Crippen LogP contribution is 2.39. The summed E-state index contributed by atoms with van der Waals surface area (Å²) in [4.78, 5) is 0. The van der Waals surface area contributed by atoms with Gasteiger partial charge in [0.1, 0.15) is 17.2 Å². The first-order valence-corrected chi connectivity index (χ1v) is 7.71. The number of hydrogen-bond donors (Lipinski definition) is 2. The predicted molar refractivity (Wildman–Crippen MR) is 96.2 cm³/mol. The number of nitrogens with one attached hydrogen (secondary N) is 1. The number of rotatable bonds is 6. The normalized spacial score (nSPS) is 11.5. The van der Waals surface area contributed by atoms with Crippen LogP contribution in [0.1, 0.15) is 11.3 Å². The first kappa shape index (κ1) is 17.4. The fourth-order valence-corrected chi connectivity index (χ4v) is 2.77. The Morgan fingerprint density at radius 2 is 1.65 bits per heavy atom. The van der Waals surface area contributed by atoms with E-state index in [4.69, 9.17) is 18.9 Å². The molecule has 0 aliphatic carbocycles. The molecule has 136 valence electrons. The van der Waals surface area contributed by atoms with Gasteiger partial charge in [0.15, 0.2) is 11.5 Å². The van der Waals surface area contributed by atoms with Gasteiger partial charge in [0.25, 0.3) is 0 Å². The van der Waals surface area contributed by atoms with Crippen LogP contribution in [0.5, 0.6) is 23.0 Å². The first-order valence-electron chi connectivity index (χ1n) is 7.71. The quantitative estimate of drug-likeness (QED) is 0.400. The molecule has 26 heavy (non-hydrogen) atoms. The average Bonchev–Trinajstić information content (AvgIpc) is 3.10. The summed E-state index contributed by atoms with van der Waals surface area (Å²) in [6.07, 6.45) is 0. The Bertz CT molecular complexity index is 940. The van der Waals surface area contributed by atoms with E-state index in [0.717, 1.165) is 10.9 Å². The fourth-order valence-electron chi connectivity index (χ4n) is 2.77. The van der Waals surface area contributed by atoms with Crippen molar-refractivity contribution >= 4 is 16.6 Å². The Kier molecular flexibility index (Phi) is 4.83. The zero-order valence-electron chi connectivity index (χ0n) is 14.9. The van der Waals surface area contributed by atoms with E-state index >= 15 is 0 Å². The van der Waals surface area contributed by atoms with Crippen molar-refractivity contribution in [3.05, 3.63) is 41.6 Å². The van der Waals surface area contributed by atoms with E-state index in [9.17, 15) is 5.21 Å². The maximum Gasteiger partial charge on any atom is 0.203 e. The number of benzene rings is 2. The summed E-state index contributed by atoms with van der Waals surface area (Å²) in [5.41, 5.74) is 2.07. The largest absolute Gasteiger partial charge is 0.497 e. The highest BCUT2D eigenvalue weighted by Gasteiger charge is 2.20. The van der Waals surface area contributed by atoms with Crippen LogP contribution < -0.4 is 18.9 Å². The van der Waals surface area contributed by atoms with Crippen molar-refractivity contribution in [3.63, 3.8) is 0 Å². The molecule has 0 unspecified atom stereocenters. The van der Waals surface area contributed by atoms with Crippen LogP contribution in [-0.4, -0.2) is 49.6 Å². The molecule has 0 aliphatic rings. The third kappa shape index (κ3) is 2.85. The van der Waals surface area contributed by atoms with Gasteiger partial charge in [0.05, 0.1) is 34.0 Å². The standard InChI is InChI=1S/C18H19N3O5/c1-23-11-5-6-12-13(9-11)19-20-17(12)16(21-22)10-7-14(24-2)18(26-4)15(8-10)25-3/h5-9,22H,1-4H3,(H,19,20)/b21-16+. The number of aromatic amines is 1. The minimum absolute atomic E-state index is 0.265. The minimum Gasteiger partial charge on any atom is -0.497 e. The maximum atomic E-state index is 9.66. The van der Waals surface area contributed by atoms with Crippen LogP contribution in [0.15, 0.2) is 35.5 Å². The van der Waals surface area contributed by atoms with E-state index in [1.165, 1.54) is 21.3 Å². The van der Waals surface area contributed by atoms with Crippen LogP contribution in [0.25, 0.3) is 10.9 Å². The number of hydrogen-bond acceptors (Lipinski definition) is 7. The second-order valence-corrected chi connectivity index (χ2v) is 5.35. The predicted octanol–water partition coefficient (Wildman–Crippen LogP) is 2.82. The molecule has 2 N–H and O–H groups in total. The van der Waals surface area contributed by atoms with Gasteiger partial charge in [-0.25, -0.2) is 0 Å². The lowest BCUT2D eigenvalue weighted by Gasteiger charge is -2.14. The summed E-state index contributed by atoms with van der Waals surface area (Å²) in [5.74, 6) is 2.05. The van der Waals surface area contributed by atoms with E-state index in [-0.39, 0.29) is 5.71 Å². The molecular formula is C18H19N3O5. The molecule has 0 saturated carbocycles. The highest BCUT2D eigenvalue weighted by atomic mass is 16.5. The van der Waals surface area contributed by atoms with Crippen molar-refractivity contribution < 1.29 is 24.2 Å². The molecule has 8 heteroatoms. The van der Waals surface area contributed by atoms with Crippen molar-refractivity contribution in [2.75, 3.05) is 28.4 Å². The summed E-state index contributed by atoms with van der Waals surface area (Å²) in [7, 11) is 6.16. The van der Waals surface area contributed by atoms with Crippen molar-refractivity contribution in [2.45, 2.75) is 0 Å². The van der Waals surface area contributed by atoms with Gasteiger partial charge >= 0.3 is 0 Å². The monoisotopic (exact) mass is 357 g/mol. The summed E-state index contributed by atoms with van der Waals surface area (Å²) >= 11 is 0. The Balaban J connectivity index is 2.16. The van der Waals surface area contributed by atoms with Crippen LogP contribution in [-0.2, 0) is 0 Å². The number of nitrogens with zero attached hydrogens (tertiary/aromatic N) is 2. The Hall–Kier alpha value is -3.42. The number of ether oxygens (including phenoxy) is 4. The summed E-state index contributed by atoms with van der Waals surface area (Å²) in [5, 5.41) is 21.1. The van der Waals surface area contributed by atoms with Crippen LogP contribution in [0.4, 0.5) is 0 Å². The van der Waals surface area contributed by atoms with Crippen LogP contribution in [0, 0.1) is 0 Å². The molecule has 0 amide bonds. The van der Waals surface area contributed by atoms with E-state index < -0.39 is 0 Å². The fraction of sp³-hybridized carbons (Fsp3) is 0.222. The van der Waals surface area contributed by atoms with Gasteiger partial charge in [-0.05, 0) is 24.3 Å². The molecule has 3 aromatic rings. The molecule has 0 radical (unpaired) electrons. The van der Waals surface area contributed by atoms with E-state index in [0.29, 0.717) is 34.3 Å². The van der Waals surface area contributed by atoms with E-state index in [1.807, 2.05) is 18.2 Å². The van der Waals surface area contributed by atoms with Crippen molar-refractivity contribution in [3.8, 4) is 23.0 Å². The van der Waals surface area contributed by atoms with Gasteiger partial charge in [-0.3, -0.25) is 5.10 Å². The highest BCUT2D eigenvalue weighted by molar-refractivity contribution is 6.18. The SMILES string of the molecule is COc1ccc2c(/C(=N/O)c3cc(OC)c(OC)c(OC)c3)n[nH]c2c1. The molecule has 1 aromatic heterocycles. The lowest BCUT2D eigenvalue weighted by atomic mass is 10.0. The third-order valence-corrected chi connectivity index (χ3v) is 4.03. The van der Waals surface area contributed by atoms with Gasteiger partial charge in [-0.15, -0.1) is 0 Å². The summed E-state index contributed by atoms with van der Waals surface area (Å²) in [6, 6.07) is 8.86. The summed E-state index contributed by atoms with van der Waals surface area (Å²) < 4.78 is 21.3. The molecule has 0 saturated heterocycles. The second-order valence-electron chi connectivity index (χ2n) is 5.35. The van der Waals surface area contributed by atoms with E-state index in [2.05, 4.69) is 15.4 Å². The number of oxime groups is 1. The molecule has 3 rings (SSSR count). The van der Waals surface area contributed by atoms with Crippen molar-refractivity contribution in [1.82, 2.24) is 10.2 Å². The zero-order valence-corrected chi connectivity index (χ0v) is 14.9. The average molecular weight is 357 g/mol. The van der Waals surface area contributed by atoms with Crippen molar-refractivity contribution in [1.29, 1.82) is 0 Å². The van der Waals surface area contributed by atoms with E-state index in [1.54, 1.807) is 19.2 Å². The number of methoxy groups -OCH3 is 4. The molecule has 0 aliphatic heterocycles. The third-order valence-electron chi connectivity index (χ3n) is 4.03. The van der Waals surface area contributed by atoms with Crippen molar-refractivity contribution in [2.24, 2.45) is 5.16 Å². The topological polar surface area (TPSA) is 98.2 Å². The summed E-state index contributed by atoms with van der Waals surface area (Å²) in [6.45, 7) is 0. The zero-order chi connectivity index (χ0) is 18.7. The molecular weight excluding hydrogens is 338 g/mol. The molecule has 2 aromatic carbocycles. The Morgan fingerprint density at radius 1 is 0.962 bits per heavy atom. The molecule has 0 spiro atoms. The smallest absolute Gasteiger partial charge is 0.203 e. The van der Waals surface area contributed by atoms with Gasteiger partial charge in [-0.2, -0.15) is 5.10 Å². The van der Waals surface area contributed by atoms with Crippen LogP contribution >= 0.6 is 0 Å². The number of fused-ring (bicyclic) bond motifs is 1. The van der Waals surface area contributed by atoms with Crippen LogP contribution in [0.2, 0.25) is 0 Å². The van der Waals surface area contributed by atoms with Gasteiger partial charge in [0.2, 0.25) is 5.75 Å². The lowest BCUT2D eigenvalue weighted by Crippen LogP contribution is -2.06. The first-order chi connectivity index (χ1) is 12.7. The van der Waals surface area contributed by atoms with Gasteiger partial charge < -0.3 is 24.2 Å². The lowest BCUT2D eigenvalue weighted by molar-refractivity contribution is 0.318. The molecule has 1 heterocycles. The maximum absolute atomic E-state index is 9.66. The minimum atomic E-state index is 0.265.